The van der Waals surface area contributed by atoms with Gasteiger partial charge in [0.05, 0.1) is 0 Å². The maximum Gasteiger partial charge on any atom is 0.410 e. The van der Waals surface area contributed by atoms with E-state index in [0.29, 0.717) is 13.1 Å². The number of hydrogen-bond donors (Lipinski definition) is 1. The molecule has 25 heavy (non-hydrogen) atoms. The zero-order valence-corrected chi connectivity index (χ0v) is 15.2. The third-order valence-corrected chi connectivity index (χ3v) is 4.95. The zero-order valence-electron chi connectivity index (χ0n) is 15.2. The van der Waals surface area contributed by atoms with Gasteiger partial charge in [-0.3, -0.25) is 0 Å². The van der Waals surface area contributed by atoms with E-state index in [1.165, 1.54) is 34.2 Å². The molecule has 0 aromatic carbocycles. The number of H-pyrrole nitrogens is 1. The number of aromatic amines is 1. The van der Waals surface area contributed by atoms with Crippen LogP contribution in [0.15, 0.2) is 18.3 Å². The molecular weight excluding hydrogens is 314 g/mol. The summed E-state index contributed by atoms with van der Waals surface area (Å²) in [5.41, 5.74) is 5.91. The lowest BCUT2D eigenvalue weighted by atomic mass is 9.96. The number of ether oxygens (including phenoxy) is 1. The smallest absolute Gasteiger partial charge is 0.410 e. The quantitative estimate of drug-likeness (QED) is 0.852. The molecule has 3 heterocycles. The van der Waals surface area contributed by atoms with Crippen molar-refractivity contribution in [1.29, 1.82) is 0 Å². The minimum Gasteiger partial charge on any atom is -0.444 e. The van der Waals surface area contributed by atoms with Gasteiger partial charge in [-0.25, -0.2) is 9.78 Å². The summed E-state index contributed by atoms with van der Waals surface area (Å²) in [6.07, 6.45) is 8.13. The maximum absolute atomic E-state index is 12.2. The van der Waals surface area contributed by atoms with Crippen molar-refractivity contribution in [3.8, 4) is 0 Å². The molecule has 2 aromatic heterocycles. The molecule has 0 bridgehead atoms. The third kappa shape index (κ3) is 3.03. The molecule has 0 radical (unpaired) electrons. The van der Waals surface area contributed by atoms with Gasteiger partial charge in [0, 0.05) is 30.4 Å². The van der Waals surface area contributed by atoms with E-state index >= 15 is 0 Å². The fourth-order valence-electron chi connectivity index (χ4n) is 3.84. The Bertz CT molecular complexity index is 858. The molecule has 0 saturated carbocycles. The Morgan fingerprint density at radius 2 is 2.12 bits per heavy atom. The molecule has 2 aromatic rings. The van der Waals surface area contributed by atoms with E-state index in [-0.39, 0.29) is 6.09 Å². The van der Waals surface area contributed by atoms with Crippen molar-refractivity contribution in [2.45, 2.75) is 52.1 Å². The minimum absolute atomic E-state index is 0.231. The van der Waals surface area contributed by atoms with Crippen LogP contribution in [0.2, 0.25) is 0 Å². The summed E-state index contributed by atoms with van der Waals surface area (Å²) in [4.78, 5) is 22.0. The molecule has 5 nitrogen and oxygen atoms in total. The molecule has 5 heteroatoms. The van der Waals surface area contributed by atoms with Crippen LogP contribution in [0.3, 0.4) is 0 Å². The summed E-state index contributed by atoms with van der Waals surface area (Å²) in [6.45, 7) is 6.99. The Labute approximate surface area is 148 Å². The Morgan fingerprint density at radius 3 is 2.84 bits per heavy atom. The van der Waals surface area contributed by atoms with E-state index in [4.69, 9.17) is 4.74 Å². The summed E-state index contributed by atoms with van der Waals surface area (Å²) >= 11 is 0. The molecule has 1 aliphatic heterocycles. The summed E-state index contributed by atoms with van der Waals surface area (Å²) in [6, 6.07) is 2.11. The van der Waals surface area contributed by atoms with Crippen LogP contribution in [-0.2, 0) is 17.6 Å². The van der Waals surface area contributed by atoms with E-state index in [9.17, 15) is 4.79 Å². The van der Waals surface area contributed by atoms with E-state index in [1.54, 1.807) is 4.90 Å². The number of pyridine rings is 1. The van der Waals surface area contributed by atoms with Crippen LogP contribution in [-0.4, -0.2) is 39.7 Å². The Hall–Kier alpha value is -2.30. The largest absolute Gasteiger partial charge is 0.444 e. The molecular formula is C20H25N3O2. The van der Waals surface area contributed by atoms with Gasteiger partial charge in [-0.05, 0) is 69.2 Å². The van der Waals surface area contributed by atoms with Gasteiger partial charge in [-0.1, -0.05) is 6.08 Å². The first kappa shape index (κ1) is 16.2. The average Bonchev–Trinajstić information content (AvgIpc) is 3.13. The number of carbonyl (C=O) groups excluding carboxylic acids is 1. The summed E-state index contributed by atoms with van der Waals surface area (Å²) in [5, 5.41) is 1.28. The molecule has 0 unspecified atom stereocenters. The van der Waals surface area contributed by atoms with E-state index < -0.39 is 5.60 Å². The highest BCUT2D eigenvalue weighted by Gasteiger charge is 2.26. The van der Waals surface area contributed by atoms with Crippen molar-refractivity contribution in [3.63, 3.8) is 0 Å². The SMILES string of the molecule is CC(C)(C)OC(=O)N1CC=C(c2ccnc3[nH]c4c(c23)CCC4)CC1. The fourth-order valence-corrected chi connectivity index (χ4v) is 3.84. The number of nitrogens with zero attached hydrogens (tertiary/aromatic N) is 2. The maximum atomic E-state index is 12.2. The fraction of sp³-hybridized carbons (Fsp3) is 0.500. The van der Waals surface area contributed by atoms with E-state index in [0.717, 1.165) is 24.9 Å². The van der Waals surface area contributed by atoms with Crippen LogP contribution in [0, 0.1) is 0 Å². The number of rotatable bonds is 1. The number of hydrogen-bond acceptors (Lipinski definition) is 3. The highest BCUT2D eigenvalue weighted by molar-refractivity contribution is 5.94. The number of fused-ring (bicyclic) bond motifs is 3. The molecule has 0 fully saturated rings. The minimum atomic E-state index is -0.454. The van der Waals surface area contributed by atoms with Crippen LogP contribution in [0.4, 0.5) is 4.79 Å². The van der Waals surface area contributed by atoms with Crippen LogP contribution in [0.25, 0.3) is 16.6 Å². The van der Waals surface area contributed by atoms with E-state index in [1.807, 2.05) is 27.0 Å². The predicted molar refractivity (Wildman–Crippen MR) is 98.5 cm³/mol. The summed E-state index contributed by atoms with van der Waals surface area (Å²) < 4.78 is 5.48. The molecule has 1 aliphatic carbocycles. The van der Waals surface area contributed by atoms with Crippen molar-refractivity contribution in [2.24, 2.45) is 0 Å². The van der Waals surface area contributed by atoms with Crippen molar-refractivity contribution < 1.29 is 9.53 Å². The van der Waals surface area contributed by atoms with Gasteiger partial charge < -0.3 is 14.6 Å². The highest BCUT2D eigenvalue weighted by Crippen LogP contribution is 2.35. The van der Waals surface area contributed by atoms with Crippen LogP contribution < -0.4 is 0 Å². The van der Waals surface area contributed by atoms with Crippen LogP contribution in [0.5, 0.6) is 0 Å². The van der Waals surface area contributed by atoms with Gasteiger partial charge >= 0.3 is 6.09 Å². The van der Waals surface area contributed by atoms with Gasteiger partial charge in [-0.2, -0.15) is 0 Å². The van der Waals surface area contributed by atoms with Crippen LogP contribution in [0.1, 0.15) is 50.4 Å². The lowest BCUT2D eigenvalue weighted by Crippen LogP contribution is -2.39. The van der Waals surface area contributed by atoms with Crippen molar-refractivity contribution >= 4 is 22.7 Å². The third-order valence-electron chi connectivity index (χ3n) is 4.95. The average molecular weight is 339 g/mol. The molecule has 0 saturated heterocycles. The van der Waals surface area contributed by atoms with Gasteiger partial charge in [0.2, 0.25) is 0 Å². The predicted octanol–water partition coefficient (Wildman–Crippen LogP) is 4.08. The Morgan fingerprint density at radius 1 is 1.28 bits per heavy atom. The van der Waals surface area contributed by atoms with Crippen molar-refractivity contribution in [3.05, 3.63) is 35.2 Å². The molecule has 132 valence electrons. The molecule has 1 amide bonds. The monoisotopic (exact) mass is 339 g/mol. The zero-order chi connectivity index (χ0) is 17.6. The summed E-state index contributed by atoms with van der Waals surface area (Å²) in [5.74, 6) is 0. The lowest BCUT2D eigenvalue weighted by molar-refractivity contribution is 0.0270. The topological polar surface area (TPSA) is 58.2 Å². The van der Waals surface area contributed by atoms with Crippen molar-refractivity contribution in [1.82, 2.24) is 14.9 Å². The van der Waals surface area contributed by atoms with Gasteiger partial charge in [0.15, 0.2) is 0 Å². The molecule has 0 spiro atoms. The first-order chi connectivity index (χ1) is 11.9. The van der Waals surface area contributed by atoms with Gasteiger partial charge in [0.25, 0.3) is 0 Å². The Kier molecular flexibility index (Phi) is 3.82. The van der Waals surface area contributed by atoms with Gasteiger partial charge in [-0.15, -0.1) is 0 Å². The number of aromatic nitrogens is 2. The first-order valence-corrected chi connectivity index (χ1v) is 9.08. The number of amides is 1. The molecule has 1 N–H and O–H groups in total. The number of carbonyl (C=O) groups is 1. The van der Waals surface area contributed by atoms with Crippen LogP contribution >= 0.6 is 0 Å². The normalized spacial score (nSPS) is 17.6. The number of aryl methyl sites for hydroxylation is 2. The summed E-state index contributed by atoms with van der Waals surface area (Å²) in [7, 11) is 0. The molecule has 0 atom stereocenters. The second-order valence-electron chi connectivity index (χ2n) is 7.92. The second kappa shape index (κ2) is 5.90. The van der Waals surface area contributed by atoms with E-state index in [2.05, 4.69) is 22.1 Å². The Balaban J connectivity index is 1.60. The highest BCUT2D eigenvalue weighted by atomic mass is 16.6. The standard InChI is InChI=1S/C20H25N3O2/c1-20(2,3)25-19(24)23-11-8-13(9-12-23)14-7-10-21-18-17(14)15-5-4-6-16(15)22-18/h7-8,10H,4-6,9,11-12H2,1-3H3,(H,21,22). The molecule has 4 rings (SSSR count). The first-order valence-electron chi connectivity index (χ1n) is 9.08. The van der Waals surface area contributed by atoms with Gasteiger partial charge in [0.1, 0.15) is 11.2 Å². The number of nitrogens with one attached hydrogen (secondary N) is 1. The lowest BCUT2D eigenvalue weighted by Gasteiger charge is -2.29. The second-order valence-corrected chi connectivity index (χ2v) is 7.92. The van der Waals surface area contributed by atoms with Crippen molar-refractivity contribution in [2.75, 3.05) is 13.1 Å². The molecule has 2 aliphatic rings.